The maximum atomic E-state index is 12.4. The third-order valence-corrected chi connectivity index (χ3v) is 4.47. The molecular weight excluding hydrogens is 386 g/mol. The maximum absolute atomic E-state index is 12.4. The molecule has 0 fully saturated rings. The van der Waals surface area contributed by atoms with Gasteiger partial charge in [-0.05, 0) is 38.1 Å². The minimum atomic E-state index is -0.381. The summed E-state index contributed by atoms with van der Waals surface area (Å²) in [5.74, 6) is -0.381. The van der Waals surface area contributed by atoms with Crippen LogP contribution >= 0.6 is 15.9 Å². The SMILES string of the molecule is CCOC(=O)C1=C(CN(C)Cc2ccc(Br)cc2)NC(=O)N[C@H]1CC. The zero-order valence-electron chi connectivity index (χ0n) is 14.8. The molecule has 1 heterocycles. The Balaban J connectivity index is 2.19. The molecule has 2 rings (SSSR count). The van der Waals surface area contributed by atoms with Crippen LogP contribution < -0.4 is 10.6 Å². The van der Waals surface area contributed by atoms with Gasteiger partial charge in [0.1, 0.15) is 0 Å². The molecule has 0 aliphatic carbocycles. The number of ether oxygens (including phenoxy) is 1. The van der Waals surface area contributed by atoms with Gasteiger partial charge in [-0.3, -0.25) is 4.90 Å². The van der Waals surface area contributed by atoms with Crippen LogP contribution in [0.15, 0.2) is 40.0 Å². The fraction of sp³-hybridized carbons (Fsp3) is 0.444. The summed E-state index contributed by atoms with van der Waals surface area (Å²) in [4.78, 5) is 26.3. The van der Waals surface area contributed by atoms with Crippen LogP contribution in [0.4, 0.5) is 4.79 Å². The van der Waals surface area contributed by atoms with Crippen molar-refractivity contribution in [3.8, 4) is 0 Å². The highest BCUT2D eigenvalue weighted by Gasteiger charge is 2.31. The van der Waals surface area contributed by atoms with E-state index in [2.05, 4.69) is 31.5 Å². The summed E-state index contributed by atoms with van der Waals surface area (Å²) in [7, 11) is 1.95. The molecule has 1 aromatic carbocycles. The van der Waals surface area contributed by atoms with Crippen molar-refractivity contribution in [2.24, 2.45) is 0 Å². The van der Waals surface area contributed by atoms with Gasteiger partial charge in [-0.15, -0.1) is 0 Å². The molecule has 0 bridgehead atoms. The zero-order valence-corrected chi connectivity index (χ0v) is 16.4. The lowest BCUT2D eigenvalue weighted by atomic mass is 10.00. The number of amides is 2. The van der Waals surface area contributed by atoms with Gasteiger partial charge in [0.15, 0.2) is 0 Å². The molecule has 0 spiro atoms. The van der Waals surface area contributed by atoms with E-state index in [1.165, 1.54) is 0 Å². The molecule has 0 saturated carbocycles. The van der Waals surface area contributed by atoms with Crippen molar-refractivity contribution in [3.63, 3.8) is 0 Å². The molecular formula is C18H24BrN3O3. The molecule has 2 N–H and O–H groups in total. The highest BCUT2D eigenvalue weighted by Crippen LogP contribution is 2.18. The van der Waals surface area contributed by atoms with Gasteiger partial charge in [0.2, 0.25) is 0 Å². The van der Waals surface area contributed by atoms with Gasteiger partial charge in [0, 0.05) is 23.3 Å². The van der Waals surface area contributed by atoms with Crippen molar-refractivity contribution >= 4 is 27.9 Å². The van der Waals surface area contributed by atoms with Crippen molar-refractivity contribution in [2.45, 2.75) is 32.9 Å². The molecule has 1 aliphatic heterocycles. The number of halogens is 1. The lowest BCUT2D eigenvalue weighted by Crippen LogP contribution is -2.51. The quantitative estimate of drug-likeness (QED) is 0.679. The van der Waals surface area contributed by atoms with Crippen LogP contribution in [0.2, 0.25) is 0 Å². The molecule has 0 unspecified atom stereocenters. The second-order valence-electron chi connectivity index (χ2n) is 5.97. The second kappa shape index (κ2) is 9.01. The third kappa shape index (κ3) is 5.31. The molecule has 0 radical (unpaired) electrons. The van der Waals surface area contributed by atoms with Crippen molar-refractivity contribution < 1.29 is 14.3 Å². The fourth-order valence-electron chi connectivity index (χ4n) is 2.81. The van der Waals surface area contributed by atoms with E-state index in [1.807, 2.05) is 38.2 Å². The van der Waals surface area contributed by atoms with Crippen molar-refractivity contribution in [3.05, 3.63) is 45.6 Å². The van der Waals surface area contributed by atoms with Crippen LogP contribution in [0, 0.1) is 0 Å². The number of nitrogens with zero attached hydrogens (tertiary/aromatic N) is 1. The van der Waals surface area contributed by atoms with E-state index < -0.39 is 0 Å². The average molecular weight is 410 g/mol. The molecule has 1 aromatic rings. The lowest BCUT2D eigenvalue weighted by molar-refractivity contribution is -0.139. The number of hydrogen-bond acceptors (Lipinski definition) is 4. The van der Waals surface area contributed by atoms with Crippen molar-refractivity contribution in [2.75, 3.05) is 20.2 Å². The number of rotatable bonds is 7. The Bertz CT molecular complexity index is 658. The Morgan fingerprint density at radius 2 is 1.92 bits per heavy atom. The summed E-state index contributed by atoms with van der Waals surface area (Å²) in [6.07, 6.45) is 0.626. The number of esters is 1. The number of urea groups is 1. The Morgan fingerprint density at radius 1 is 1.24 bits per heavy atom. The number of likely N-dealkylation sites (N-methyl/N-ethyl adjacent to an activating group) is 1. The van der Waals surface area contributed by atoms with Gasteiger partial charge < -0.3 is 15.4 Å². The van der Waals surface area contributed by atoms with Crippen LogP contribution in [-0.2, 0) is 16.1 Å². The molecule has 1 atom stereocenters. The second-order valence-corrected chi connectivity index (χ2v) is 6.89. The van der Waals surface area contributed by atoms with E-state index in [9.17, 15) is 9.59 Å². The van der Waals surface area contributed by atoms with Gasteiger partial charge in [-0.1, -0.05) is 35.0 Å². The van der Waals surface area contributed by atoms with E-state index >= 15 is 0 Å². The van der Waals surface area contributed by atoms with Gasteiger partial charge in [-0.2, -0.15) is 0 Å². The topological polar surface area (TPSA) is 70.7 Å². The largest absolute Gasteiger partial charge is 0.463 e. The zero-order chi connectivity index (χ0) is 18.4. The maximum Gasteiger partial charge on any atom is 0.337 e. The van der Waals surface area contributed by atoms with E-state index in [1.54, 1.807) is 6.92 Å². The predicted molar refractivity (Wildman–Crippen MR) is 99.9 cm³/mol. The first-order valence-corrected chi connectivity index (χ1v) is 9.14. The third-order valence-electron chi connectivity index (χ3n) is 3.94. The first-order chi connectivity index (χ1) is 11.9. The smallest absolute Gasteiger partial charge is 0.337 e. The van der Waals surface area contributed by atoms with E-state index in [-0.39, 0.29) is 18.0 Å². The number of carbonyl (C=O) groups is 2. The highest BCUT2D eigenvalue weighted by molar-refractivity contribution is 9.10. The Hall–Kier alpha value is -1.86. The normalized spacial score (nSPS) is 17.3. The van der Waals surface area contributed by atoms with Gasteiger partial charge in [0.05, 0.1) is 18.2 Å². The van der Waals surface area contributed by atoms with Crippen LogP contribution in [0.3, 0.4) is 0 Å². The Labute approximate surface area is 156 Å². The molecule has 25 heavy (non-hydrogen) atoms. The first-order valence-electron chi connectivity index (χ1n) is 8.35. The molecule has 7 heteroatoms. The van der Waals surface area contributed by atoms with E-state index in [0.29, 0.717) is 37.4 Å². The number of hydrogen-bond donors (Lipinski definition) is 2. The Morgan fingerprint density at radius 3 is 2.52 bits per heavy atom. The summed E-state index contributed by atoms with van der Waals surface area (Å²) in [6.45, 7) is 5.15. The predicted octanol–water partition coefficient (Wildman–Crippen LogP) is 2.79. The van der Waals surface area contributed by atoms with Gasteiger partial charge in [0.25, 0.3) is 0 Å². The van der Waals surface area contributed by atoms with Crippen LogP contribution in [-0.4, -0.2) is 43.1 Å². The highest BCUT2D eigenvalue weighted by atomic mass is 79.9. The van der Waals surface area contributed by atoms with Gasteiger partial charge >= 0.3 is 12.0 Å². The molecule has 0 saturated heterocycles. The van der Waals surface area contributed by atoms with Crippen LogP contribution in [0.5, 0.6) is 0 Å². The minimum absolute atomic E-state index is 0.285. The van der Waals surface area contributed by atoms with Crippen molar-refractivity contribution in [1.82, 2.24) is 15.5 Å². The molecule has 136 valence electrons. The van der Waals surface area contributed by atoms with E-state index in [0.717, 1.165) is 10.0 Å². The number of carbonyl (C=O) groups excluding carboxylic acids is 2. The van der Waals surface area contributed by atoms with E-state index in [4.69, 9.17) is 4.74 Å². The standard InChI is InChI=1S/C18H24BrN3O3/c1-4-14-16(17(23)25-5-2)15(21-18(24)20-14)11-22(3)10-12-6-8-13(19)9-7-12/h6-9,14H,4-5,10-11H2,1-3H3,(H2,20,21,24)/t14-/m0/s1. The summed E-state index contributed by atoms with van der Waals surface area (Å²) < 4.78 is 6.21. The summed E-state index contributed by atoms with van der Waals surface area (Å²) >= 11 is 3.42. The molecule has 0 aromatic heterocycles. The van der Waals surface area contributed by atoms with Crippen molar-refractivity contribution in [1.29, 1.82) is 0 Å². The Kier molecular flexibility index (Phi) is 7.01. The fourth-order valence-corrected chi connectivity index (χ4v) is 3.08. The number of nitrogens with one attached hydrogen (secondary N) is 2. The van der Waals surface area contributed by atoms with Crippen LogP contribution in [0.1, 0.15) is 25.8 Å². The summed E-state index contributed by atoms with van der Waals surface area (Å²) in [5, 5.41) is 5.56. The van der Waals surface area contributed by atoms with Gasteiger partial charge in [-0.25, -0.2) is 9.59 Å². The first kappa shape index (κ1) is 19.5. The number of benzene rings is 1. The summed E-state index contributed by atoms with van der Waals surface area (Å²) in [5.41, 5.74) is 2.26. The minimum Gasteiger partial charge on any atom is -0.463 e. The molecule has 1 aliphatic rings. The monoisotopic (exact) mass is 409 g/mol. The average Bonchev–Trinajstić information content (AvgIpc) is 2.56. The van der Waals surface area contributed by atoms with Crippen LogP contribution in [0.25, 0.3) is 0 Å². The molecule has 2 amide bonds. The summed E-state index contributed by atoms with van der Waals surface area (Å²) in [6, 6.07) is 7.45. The lowest BCUT2D eigenvalue weighted by Gasteiger charge is -2.30. The molecule has 6 nitrogen and oxygen atoms in total.